The molecule has 0 saturated heterocycles. The first-order valence-corrected chi connectivity index (χ1v) is 5.51. The molecule has 16 heavy (non-hydrogen) atoms. The van der Waals surface area contributed by atoms with E-state index in [0.717, 1.165) is 11.2 Å². The van der Waals surface area contributed by atoms with Crippen molar-refractivity contribution in [2.45, 2.75) is 13.8 Å². The summed E-state index contributed by atoms with van der Waals surface area (Å²) in [6.45, 7) is 6.37. The standard InChI is InChI=1S/C14H12BN/c1-9-3-5-11-7-8-12-6-4-10(2)16-14(12)13(11)15-9/h3-8H,1-2H3. The molecule has 76 valence electrons. The van der Waals surface area contributed by atoms with Crippen molar-refractivity contribution in [1.82, 2.24) is 4.98 Å². The summed E-state index contributed by atoms with van der Waals surface area (Å²) < 4.78 is 0. The van der Waals surface area contributed by atoms with E-state index in [4.69, 9.17) is 0 Å². The molecule has 0 aliphatic heterocycles. The maximum atomic E-state index is 4.64. The second-order valence-electron chi connectivity index (χ2n) is 4.31. The minimum absolute atomic E-state index is 1.07. The summed E-state index contributed by atoms with van der Waals surface area (Å²) in [5.41, 5.74) is 3.46. The molecule has 1 aromatic carbocycles. The topological polar surface area (TPSA) is 12.9 Å². The third-order valence-electron chi connectivity index (χ3n) is 2.97. The van der Waals surface area contributed by atoms with Crippen LogP contribution in [0.3, 0.4) is 0 Å². The van der Waals surface area contributed by atoms with Gasteiger partial charge >= 0.3 is 94.9 Å². The Labute approximate surface area is 95.3 Å². The Balaban J connectivity index is 2.55. The van der Waals surface area contributed by atoms with Crippen LogP contribution in [0.25, 0.3) is 21.6 Å². The Morgan fingerprint density at radius 1 is 0.875 bits per heavy atom. The first-order valence-electron chi connectivity index (χ1n) is 5.51. The fourth-order valence-corrected chi connectivity index (χ4v) is 2.12. The van der Waals surface area contributed by atoms with E-state index in [-0.39, 0.29) is 0 Å². The normalized spacial score (nSPS) is 10.9. The molecule has 0 N–H and O–H groups in total. The van der Waals surface area contributed by atoms with E-state index in [1.54, 1.807) is 0 Å². The molecule has 3 aromatic rings. The molecule has 0 spiro atoms. The quantitative estimate of drug-likeness (QED) is 0.513. The number of aromatic nitrogens is 1. The summed E-state index contributed by atoms with van der Waals surface area (Å²) in [6, 6.07) is 12.8. The zero-order chi connectivity index (χ0) is 11.1. The number of hydrogen-bond acceptors (Lipinski definition) is 1. The molecule has 0 atom stereocenters. The molecule has 2 heteroatoms. The van der Waals surface area contributed by atoms with Gasteiger partial charge in [-0.15, -0.1) is 0 Å². The van der Waals surface area contributed by atoms with Gasteiger partial charge in [0.1, 0.15) is 0 Å². The van der Waals surface area contributed by atoms with Crippen LogP contribution in [0.2, 0.25) is 0 Å². The Bertz CT molecular complexity index is 628. The Kier molecular flexibility index (Phi) is 2.03. The van der Waals surface area contributed by atoms with Crippen LogP contribution < -0.4 is 0 Å². The van der Waals surface area contributed by atoms with Crippen molar-refractivity contribution in [2.24, 2.45) is 0 Å². The van der Waals surface area contributed by atoms with Crippen molar-refractivity contribution in [3.05, 3.63) is 47.6 Å². The number of pyridine rings is 1. The predicted octanol–water partition coefficient (Wildman–Crippen LogP) is 3.34. The molecular weight excluding hydrogens is 193 g/mol. The van der Waals surface area contributed by atoms with Gasteiger partial charge < -0.3 is 0 Å². The summed E-state index contributed by atoms with van der Waals surface area (Å²) in [5, 5.41) is 3.72. The van der Waals surface area contributed by atoms with Crippen LogP contribution >= 0.6 is 0 Å². The van der Waals surface area contributed by atoms with E-state index >= 15 is 0 Å². The molecule has 0 saturated carbocycles. The van der Waals surface area contributed by atoms with Gasteiger partial charge in [-0.3, -0.25) is 0 Å². The van der Waals surface area contributed by atoms with Gasteiger partial charge in [0.2, 0.25) is 0 Å². The van der Waals surface area contributed by atoms with Gasteiger partial charge in [0.25, 0.3) is 0 Å². The van der Waals surface area contributed by atoms with Crippen LogP contribution in [0, 0.1) is 13.8 Å². The number of nitrogens with zero attached hydrogens (tertiary/aromatic N) is 1. The molecule has 0 aliphatic carbocycles. The van der Waals surface area contributed by atoms with Crippen molar-refractivity contribution in [2.75, 3.05) is 0 Å². The van der Waals surface area contributed by atoms with Crippen LogP contribution in [0.1, 0.15) is 11.2 Å². The van der Waals surface area contributed by atoms with E-state index in [9.17, 15) is 0 Å². The monoisotopic (exact) mass is 205 g/mol. The average molecular weight is 205 g/mol. The van der Waals surface area contributed by atoms with E-state index in [2.05, 4.69) is 55.2 Å². The van der Waals surface area contributed by atoms with Crippen molar-refractivity contribution >= 4 is 28.5 Å². The fraction of sp³-hybridized carbons (Fsp3) is 0.143. The zero-order valence-corrected chi connectivity index (χ0v) is 9.49. The van der Waals surface area contributed by atoms with Gasteiger partial charge in [0, 0.05) is 0 Å². The van der Waals surface area contributed by atoms with Crippen LogP contribution in [-0.4, -0.2) is 11.9 Å². The third-order valence-corrected chi connectivity index (χ3v) is 2.97. The number of fused-ring (bicyclic) bond motifs is 3. The van der Waals surface area contributed by atoms with E-state index in [1.807, 2.05) is 6.92 Å². The van der Waals surface area contributed by atoms with Crippen LogP contribution in [0.4, 0.5) is 0 Å². The SMILES string of the molecule is Cc1bc2c(cc1)ccc1ccc(C)nc12. The van der Waals surface area contributed by atoms with Gasteiger partial charge in [0.15, 0.2) is 0 Å². The van der Waals surface area contributed by atoms with E-state index in [0.29, 0.717) is 0 Å². The van der Waals surface area contributed by atoms with Crippen molar-refractivity contribution in [3.8, 4) is 0 Å². The molecule has 3 rings (SSSR count). The first-order chi connectivity index (χ1) is 7.74. The summed E-state index contributed by atoms with van der Waals surface area (Å²) >= 11 is 0. The second-order valence-corrected chi connectivity index (χ2v) is 4.31. The molecular formula is C14H12BN. The molecule has 0 fully saturated rings. The van der Waals surface area contributed by atoms with Gasteiger partial charge in [-0.1, -0.05) is 0 Å². The van der Waals surface area contributed by atoms with Crippen LogP contribution in [0.15, 0.2) is 36.4 Å². The second kappa shape index (κ2) is 3.41. The number of rotatable bonds is 0. The van der Waals surface area contributed by atoms with Crippen molar-refractivity contribution < 1.29 is 0 Å². The Morgan fingerprint density at radius 2 is 1.56 bits per heavy atom. The number of aryl methyl sites for hydroxylation is 2. The molecule has 0 aliphatic rings. The maximum absolute atomic E-state index is 4.64. The van der Waals surface area contributed by atoms with E-state index in [1.165, 1.54) is 21.5 Å². The fourth-order valence-electron chi connectivity index (χ4n) is 2.12. The molecule has 0 unspecified atom stereocenters. The summed E-state index contributed by atoms with van der Waals surface area (Å²) in [6.07, 6.45) is 0. The zero-order valence-electron chi connectivity index (χ0n) is 9.49. The van der Waals surface area contributed by atoms with Crippen LogP contribution in [0.5, 0.6) is 0 Å². The molecule has 0 bridgehead atoms. The number of benzene rings is 1. The average Bonchev–Trinajstić information content (AvgIpc) is 2.29. The molecule has 2 aromatic heterocycles. The van der Waals surface area contributed by atoms with Gasteiger partial charge in [0.05, 0.1) is 0 Å². The number of hydrogen-bond donors (Lipinski definition) is 0. The Morgan fingerprint density at radius 3 is 2.44 bits per heavy atom. The van der Waals surface area contributed by atoms with Gasteiger partial charge in [-0.2, -0.15) is 0 Å². The van der Waals surface area contributed by atoms with Crippen LogP contribution in [-0.2, 0) is 0 Å². The van der Waals surface area contributed by atoms with Crippen molar-refractivity contribution in [1.29, 1.82) is 0 Å². The molecule has 2 heterocycles. The predicted molar refractivity (Wildman–Crippen MR) is 70.1 cm³/mol. The summed E-state index contributed by atoms with van der Waals surface area (Å²) in [4.78, 5) is 4.64. The molecule has 0 radical (unpaired) electrons. The first kappa shape index (κ1) is 9.53. The van der Waals surface area contributed by atoms with Crippen molar-refractivity contribution in [3.63, 3.8) is 0 Å². The van der Waals surface area contributed by atoms with Gasteiger partial charge in [-0.05, 0) is 0 Å². The summed E-state index contributed by atoms with van der Waals surface area (Å²) in [7, 11) is 0. The van der Waals surface area contributed by atoms with Gasteiger partial charge in [-0.25, -0.2) is 0 Å². The Hall–Kier alpha value is -1.70. The molecule has 1 nitrogen and oxygen atoms in total. The minimum atomic E-state index is 1.07. The third kappa shape index (κ3) is 1.42. The summed E-state index contributed by atoms with van der Waals surface area (Å²) in [5.74, 6) is 0. The molecule has 0 amide bonds. The van der Waals surface area contributed by atoms with E-state index < -0.39 is 0 Å².